The fourth-order valence-electron chi connectivity index (χ4n) is 10.7. The number of likely N-dealkylation sites (N-methyl/N-ethyl adjacent to an activating group) is 1. The molecule has 3 aliphatic rings. The summed E-state index contributed by atoms with van der Waals surface area (Å²) in [7, 11) is 5.31. The van der Waals surface area contributed by atoms with Crippen LogP contribution in [0.15, 0.2) is 30.3 Å². The SMILES string of the molecule is CC[C@H]1OC(=O)[C@H](C)[C@@H](O[C@H]2C[C@@](C)(OC)[C@@H](O)[C@H](C)O2)[C@H](C)[C@@H](O[C@@H]2O[C@H](C)C[C@H](N(C)C)[C@H]2O)[C@](C)(O)C[C@@H](C)CN(CCCNCCCCc2ccccc2)[C@H](C)[C@@H](O)[C@]1(C)O. The number of aliphatic hydroxyl groups is 5. The lowest BCUT2D eigenvalue weighted by Crippen LogP contribution is -2.60. The number of benzene rings is 1. The number of aryl methyl sites for hydroxylation is 1. The van der Waals surface area contributed by atoms with Gasteiger partial charge >= 0.3 is 5.97 Å². The first-order valence-corrected chi connectivity index (χ1v) is 24.5. The van der Waals surface area contributed by atoms with Crippen LogP contribution in [-0.4, -0.2) is 179 Å². The Balaban J connectivity index is 1.69. The minimum atomic E-state index is -1.84. The highest BCUT2D eigenvalue weighted by atomic mass is 16.7. The summed E-state index contributed by atoms with van der Waals surface area (Å²) in [5, 5.41) is 63.5. The average molecular weight is 924 g/mol. The van der Waals surface area contributed by atoms with E-state index in [0.29, 0.717) is 19.5 Å². The van der Waals surface area contributed by atoms with Crippen LogP contribution >= 0.6 is 0 Å². The molecule has 65 heavy (non-hydrogen) atoms. The first-order chi connectivity index (χ1) is 30.5. The molecular weight excluding hydrogens is 835 g/mol. The first kappa shape index (κ1) is 55.8. The van der Waals surface area contributed by atoms with Crippen LogP contribution < -0.4 is 5.32 Å². The van der Waals surface area contributed by atoms with Gasteiger partial charge in [-0.1, -0.05) is 51.1 Å². The van der Waals surface area contributed by atoms with Crippen LogP contribution in [0.25, 0.3) is 0 Å². The Morgan fingerprint density at radius 1 is 0.892 bits per heavy atom. The topological polar surface area (TPSA) is 192 Å². The number of nitrogens with zero attached hydrogens (tertiary/aromatic N) is 2. The van der Waals surface area contributed by atoms with E-state index in [0.717, 1.165) is 38.8 Å². The van der Waals surface area contributed by atoms with Crippen molar-refractivity contribution < 1.29 is 58.7 Å². The van der Waals surface area contributed by atoms with Crippen molar-refractivity contribution in [1.82, 2.24) is 15.1 Å². The molecule has 0 bridgehead atoms. The molecule has 0 spiro atoms. The highest BCUT2D eigenvalue weighted by Gasteiger charge is 2.53. The molecule has 0 radical (unpaired) electrons. The Kier molecular flexibility index (Phi) is 21.1. The zero-order valence-electron chi connectivity index (χ0n) is 42.0. The summed E-state index contributed by atoms with van der Waals surface area (Å²) in [6.45, 7) is 20.6. The third-order valence-electron chi connectivity index (χ3n) is 14.7. The summed E-state index contributed by atoms with van der Waals surface area (Å²) in [6.07, 6.45) is -4.47. The molecule has 3 saturated heterocycles. The van der Waals surface area contributed by atoms with Gasteiger partial charge in [0, 0.05) is 38.1 Å². The van der Waals surface area contributed by atoms with Crippen molar-refractivity contribution in [3.05, 3.63) is 35.9 Å². The van der Waals surface area contributed by atoms with Crippen molar-refractivity contribution in [3.63, 3.8) is 0 Å². The minimum Gasteiger partial charge on any atom is -0.459 e. The van der Waals surface area contributed by atoms with Crippen molar-refractivity contribution in [2.75, 3.05) is 47.4 Å². The van der Waals surface area contributed by atoms with Crippen molar-refractivity contribution in [2.45, 2.75) is 211 Å². The monoisotopic (exact) mass is 924 g/mol. The Labute approximate surface area is 390 Å². The van der Waals surface area contributed by atoms with Crippen molar-refractivity contribution in [1.29, 1.82) is 0 Å². The van der Waals surface area contributed by atoms with Gasteiger partial charge in [0.2, 0.25) is 0 Å². The van der Waals surface area contributed by atoms with Gasteiger partial charge in [0.05, 0.1) is 41.5 Å². The quantitative estimate of drug-likeness (QED) is 0.102. The predicted octanol–water partition coefficient (Wildman–Crippen LogP) is 4.27. The fourth-order valence-corrected chi connectivity index (χ4v) is 10.7. The summed E-state index contributed by atoms with van der Waals surface area (Å²) in [5.41, 5.74) is -3.13. The van der Waals surface area contributed by atoms with Crippen molar-refractivity contribution in [2.24, 2.45) is 17.8 Å². The van der Waals surface area contributed by atoms with Gasteiger partial charge in [-0.3, -0.25) is 9.69 Å². The number of aliphatic hydroxyl groups excluding tert-OH is 3. The second-order valence-corrected chi connectivity index (χ2v) is 20.8. The maximum absolute atomic E-state index is 14.5. The second-order valence-electron chi connectivity index (χ2n) is 20.8. The molecule has 6 N–H and O–H groups in total. The summed E-state index contributed by atoms with van der Waals surface area (Å²) in [6, 6.07) is 9.64. The first-order valence-electron chi connectivity index (χ1n) is 24.5. The Morgan fingerprint density at radius 3 is 2.18 bits per heavy atom. The normalized spacial score (nSPS) is 42.0. The molecule has 0 aromatic heterocycles. The number of carbonyl (C=O) groups is 1. The van der Waals surface area contributed by atoms with Crippen LogP contribution in [0.2, 0.25) is 0 Å². The van der Waals surface area contributed by atoms with Gasteiger partial charge in [0.1, 0.15) is 30.0 Å². The van der Waals surface area contributed by atoms with Crippen LogP contribution in [0.4, 0.5) is 0 Å². The Bertz CT molecular complexity index is 1560. The van der Waals surface area contributed by atoms with E-state index < -0.39 is 96.0 Å². The molecule has 0 aliphatic carbocycles. The van der Waals surface area contributed by atoms with Crippen molar-refractivity contribution in [3.8, 4) is 0 Å². The molecule has 0 amide bonds. The van der Waals surface area contributed by atoms with Gasteiger partial charge in [-0.25, -0.2) is 0 Å². The van der Waals surface area contributed by atoms with Crippen LogP contribution in [0, 0.1) is 17.8 Å². The highest BCUT2D eigenvalue weighted by molar-refractivity contribution is 5.73. The number of esters is 1. The molecule has 15 heteroatoms. The summed E-state index contributed by atoms with van der Waals surface area (Å²) in [4.78, 5) is 18.6. The molecule has 1 aromatic carbocycles. The molecule has 3 heterocycles. The number of hydrogen-bond donors (Lipinski definition) is 6. The van der Waals surface area contributed by atoms with E-state index in [-0.39, 0.29) is 37.3 Å². The molecule has 4 rings (SSSR count). The van der Waals surface area contributed by atoms with Crippen LogP contribution in [0.5, 0.6) is 0 Å². The third-order valence-corrected chi connectivity index (χ3v) is 14.7. The highest BCUT2D eigenvalue weighted by Crippen LogP contribution is 2.40. The number of ether oxygens (including phenoxy) is 6. The predicted molar refractivity (Wildman–Crippen MR) is 250 cm³/mol. The molecular formula is C50H89N3O12. The lowest BCUT2D eigenvalue weighted by Gasteiger charge is -2.48. The van der Waals surface area contributed by atoms with Gasteiger partial charge in [0.25, 0.3) is 0 Å². The number of rotatable bonds is 16. The van der Waals surface area contributed by atoms with Gasteiger partial charge in [-0.2, -0.15) is 0 Å². The second kappa shape index (κ2) is 24.6. The number of hydrogen-bond acceptors (Lipinski definition) is 15. The van der Waals surface area contributed by atoms with Gasteiger partial charge in [-0.15, -0.1) is 0 Å². The maximum Gasteiger partial charge on any atom is 0.311 e. The maximum atomic E-state index is 14.5. The van der Waals surface area contributed by atoms with Gasteiger partial charge in [-0.05, 0) is 139 Å². The standard InChI is InChI=1S/C50H89N3O12/c1-14-39-50(10,59)43(55)35(6)53(26-20-25-51-24-19-18-23-37-21-16-15-17-22-37)30-31(2)28-48(8,58)45(65-47-41(54)38(52(11)12)27-32(3)61-47)33(4)42(34(5)46(57)63-39)64-40-29-49(9,60-13)44(56)36(7)62-40/h15-17,21-22,31-36,38-45,47,51,54-56,58-59H,14,18-20,23-30H2,1-13H3/t31-,32-,33+,34-,35-,36+,38+,39-,40+,41-,42+,43-,44+,45-,47+,48-,49-,50-/m1/s1. The van der Waals surface area contributed by atoms with E-state index in [2.05, 4.69) is 34.5 Å². The van der Waals surface area contributed by atoms with Gasteiger partial charge < -0.3 is 64.2 Å². The number of unbranched alkanes of at least 4 members (excludes halogenated alkanes) is 1. The molecule has 0 unspecified atom stereocenters. The zero-order valence-corrected chi connectivity index (χ0v) is 42.0. The summed E-state index contributed by atoms with van der Waals surface area (Å²) in [5.74, 6) is -2.65. The van der Waals surface area contributed by atoms with E-state index in [9.17, 15) is 30.3 Å². The summed E-state index contributed by atoms with van der Waals surface area (Å²) < 4.78 is 38.2. The Morgan fingerprint density at radius 2 is 1.55 bits per heavy atom. The van der Waals surface area contributed by atoms with E-state index in [4.69, 9.17) is 28.4 Å². The van der Waals surface area contributed by atoms with E-state index in [1.54, 1.807) is 34.6 Å². The molecule has 376 valence electrons. The molecule has 3 aliphatic heterocycles. The number of cyclic esters (lactones) is 1. The van der Waals surface area contributed by atoms with Crippen LogP contribution in [0.3, 0.4) is 0 Å². The van der Waals surface area contributed by atoms with Crippen LogP contribution in [-0.2, 0) is 39.6 Å². The lowest BCUT2D eigenvalue weighted by molar-refractivity contribution is -0.318. The van der Waals surface area contributed by atoms with E-state index >= 15 is 0 Å². The molecule has 3 fully saturated rings. The van der Waals surface area contributed by atoms with E-state index in [1.165, 1.54) is 19.6 Å². The minimum absolute atomic E-state index is 0.126. The molecule has 0 saturated carbocycles. The largest absolute Gasteiger partial charge is 0.459 e. The number of nitrogens with one attached hydrogen (secondary N) is 1. The summed E-state index contributed by atoms with van der Waals surface area (Å²) >= 11 is 0. The van der Waals surface area contributed by atoms with Crippen molar-refractivity contribution >= 4 is 5.97 Å². The fraction of sp³-hybridized carbons (Fsp3) is 0.860. The smallest absolute Gasteiger partial charge is 0.311 e. The number of methoxy groups -OCH3 is 1. The molecule has 18 atom stereocenters. The Hall–Kier alpha value is -1.83. The third kappa shape index (κ3) is 14.6. The average Bonchev–Trinajstić information content (AvgIpc) is 3.25. The molecule has 15 nitrogen and oxygen atoms in total. The van der Waals surface area contributed by atoms with E-state index in [1.807, 2.05) is 52.8 Å². The van der Waals surface area contributed by atoms with Crippen LogP contribution in [0.1, 0.15) is 120 Å². The van der Waals surface area contributed by atoms with Gasteiger partial charge in [0.15, 0.2) is 12.6 Å². The number of carbonyl (C=O) groups excluding carboxylic acids is 1. The molecule has 1 aromatic rings. The zero-order chi connectivity index (χ0) is 48.4. The lowest BCUT2D eigenvalue weighted by atomic mass is 9.77.